The lowest BCUT2D eigenvalue weighted by atomic mass is 9.40. The SMILES string of the molecule is CCC1(C)B2N(C)c3ccccc3N2c2sc3ccccc3[n+]2C1(C)CC. The van der Waals surface area contributed by atoms with Gasteiger partial charge in [-0.3, -0.25) is 4.81 Å². The van der Waals surface area contributed by atoms with Crippen LogP contribution in [-0.2, 0) is 5.54 Å². The van der Waals surface area contributed by atoms with E-state index in [-0.39, 0.29) is 10.9 Å². The van der Waals surface area contributed by atoms with Gasteiger partial charge in [-0.15, -0.1) is 0 Å². The maximum atomic E-state index is 2.66. The molecule has 0 bridgehead atoms. The van der Waals surface area contributed by atoms with Crippen LogP contribution >= 0.6 is 11.3 Å². The molecule has 3 nitrogen and oxygen atoms in total. The molecule has 0 saturated carbocycles. The predicted molar refractivity (Wildman–Crippen MR) is 117 cm³/mol. The third-order valence-electron chi connectivity index (χ3n) is 7.55. The molecule has 0 amide bonds. The zero-order valence-corrected chi connectivity index (χ0v) is 17.7. The third-order valence-corrected chi connectivity index (χ3v) is 8.68. The maximum absolute atomic E-state index is 2.66. The summed E-state index contributed by atoms with van der Waals surface area (Å²) >= 11 is 1.93. The van der Waals surface area contributed by atoms with Crippen molar-refractivity contribution in [3.63, 3.8) is 0 Å². The van der Waals surface area contributed by atoms with Crippen LogP contribution in [0.1, 0.15) is 40.5 Å². The summed E-state index contributed by atoms with van der Waals surface area (Å²) in [6.45, 7) is 10.0. The van der Waals surface area contributed by atoms with Crippen molar-refractivity contribution in [1.82, 2.24) is 0 Å². The predicted octanol–water partition coefficient (Wildman–Crippen LogP) is 5.57. The van der Waals surface area contributed by atoms with Gasteiger partial charge in [0.25, 0.3) is 0 Å². The highest BCUT2D eigenvalue weighted by atomic mass is 32.1. The highest BCUT2D eigenvalue weighted by Gasteiger charge is 2.70. The summed E-state index contributed by atoms with van der Waals surface area (Å²) in [5.74, 6) is 0. The average molecular weight is 376 g/mol. The normalized spacial score (nSPS) is 26.3. The Hall–Kier alpha value is -2.01. The van der Waals surface area contributed by atoms with Crippen LogP contribution in [0.25, 0.3) is 10.2 Å². The molecule has 2 aromatic carbocycles. The molecule has 5 heteroatoms. The van der Waals surface area contributed by atoms with Crippen molar-refractivity contribution in [2.75, 3.05) is 16.7 Å². The van der Waals surface area contributed by atoms with Crippen molar-refractivity contribution >= 4 is 45.0 Å². The lowest BCUT2D eigenvalue weighted by molar-refractivity contribution is -0.732. The van der Waals surface area contributed by atoms with Gasteiger partial charge in [-0.2, -0.15) is 0 Å². The Kier molecular flexibility index (Phi) is 3.49. The van der Waals surface area contributed by atoms with Crippen LogP contribution in [0.3, 0.4) is 0 Å². The van der Waals surface area contributed by atoms with E-state index < -0.39 is 0 Å². The molecular weight excluding hydrogens is 349 g/mol. The second-order valence-corrected chi connectivity index (χ2v) is 9.44. The zero-order valence-electron chi connectivity index (χ0n) is 16.9. The number of para-hydroxylation sites is 3. The van der Waals surface area contributed by atoms with Crippen molar-refractivity contribution in [2.24, 2.45) is 0 Å². The molecule has 0 radical (unpaired) electrons. The molecule has 0 saturated heterocycles. The molecule has 2 aliphatic rings. The van der Waals surface area contributed by atoms with E-state index in [4.69, 9.17) is 0 Å². The van der Waals surface area contributed by atoms with E-state index in [0.29, 0.717) is 6.98 Å². The standard InChI is InChI=1S/C22H27BN3S/c1-6-21(3)22(4,7-2)25-18-14-10-11-15-19(18)27-20(25)26-17-13-9-8-12-16(17)24(5)23(21)26/h8-15H,6-7H2,1-5H3/q+1. The molecule has 2 unspecified atom stereocenters. The summed E-state index contributed by atoms with van der Waals surface area (Å²) < 4.78 is 4.03. The van der Waals surface area contributed by atoms with E-state index in [1.165, 1.54) is 26.7 Å². The molecule has 5 rings (SSSR count). The highest BCUT2D eigenvalue weighted by molar-refractivity contribution is 7.22. The second kappa shape index (κ2) is 5.51. The van der Waals surface area contributed by atoms with Gasteiger partial charge in [-0.25, -0.2) is 4.57 Å². The average Bonchev–Trinajstić information content (AvgIpc) is 3.23. The number of rotatable bonds is 2. The summed E-state index contributed by atoms with van der Waals surface area (Å²) in [6, 6.07) is 17.8. The molecule has 3 aromatic rings. The zero-order chi connectivity index (χ0) is 19.0. The van der Waals surface area contributed by atoms with E-state index in [0.717, 1.165) is 12.8 Å². The molecule has 27 heavy (non-hydrogen) atoms. The van der Waals surface area contributed by atoms with E-state index >= 15 is 0 Å². The van der Waals surface area contributed by atoms with Gasteiger partial charge >= 0.3 is 12.1 Å². The lowest BCUT2D eigenvalue weighted by Gasteiger charge is -2.50. The van der Waals surface area contributed by atoms with Gasteiger partial charge < -0.3 is 4.81 Å². The van der Waals surface area contributed by atoms with Crippen molar-refractivity contribution in [3.8, 4) is 0 Å². The quantitative estimate of drug-likeness (QED) is 0.427. The topological polar surface area (TPSA) is 10.4 Å². The first-order valence-electron chi connectivity index (χ1n) is 10.0. The first kappa shape index (κ1) is 17.1. The monoisotopic (exact) mass is 376 g/mol. The van der Waals surface area contributed by atoms with Crippen LogP contribution < -0.4 is 14.2 Å². The van der Waals surface area contributed by atoms with Gasteiger partial charge in [0.15, 0.2) is 0 Å². The van der Waals surface area contributed by atoms with E-state index in [1.807, 2.05) is 11.3 Å². The third kappa shape index (κ3) is 1.86. The first-order valence-corrected chi connectivity index (χ1v) is 10.8. The summed E-state index contributed by atoms with van der Waals surface area (Å²) in [7, 11) is 2.27. The molecular formula is C22H27BN3S+. The first-order chi connectivity index (χ1) is 13.0. The lowest BCUT2D eigenvalue weighted by Crippen LogP contribution is -2.73. The number of anilines is 3. The minimum atomic E-state index is 0.0498. The molecule has 0 fully saturated rings. The number of hydrogen-bond acceptors (Lipinski definition) is 3. The Balaban J connectivity index is 1.92. The smallest absolute Gasteiger partial charge is 0.373 e. The Morgan fingerprint density at radius 2 is 1.63 bits per heavy atom. The molecule has 1 aromatic heterocycles. The van der Waals surface area contributed by atoms with Gasteiger partial charge in [-0.1, -0.05) is 45.0 Å². The summed E-state index contributed by atoms with van der Waals surface area (Å²) in [6.07, 6.45) is 2.25. The van der Waals surface area contributed by atoms with E-state index in [2.05, 4.69) is 97.5 Å². The second-order valence-electron chi connectivity index (χ2n) is 8.43. The number of benzene rings is 2. The van der Waals surface area contributed by atoms with Crippen molar-refractivity contribution in [3.05, 3.63) is 48.5 Å². The molecule has 0 N–H and O–H groups in total. The molecule has 0 aliphatic carbocycles. The van der Waals surface area contributed by atoms with Crippen molar-refractivity contribution < 1.29 is 4.57 Å². The Labute approximate surface area is 166 Å². The molecule has 2 aliphatic heterocycles. The van der Waals surface area contributed by atoms with Crippen LogP contribution in [-0.4, -0.2) is 14.0 Å². The van der Waals surface area contributed by atoms with Crippen LogP contribution in [0.5, 0.6) is 0 Å². The Bertz CT molecular complexity index is 1050. The molecule has 138 valence electrons. The van der Waals surface area contributed by atoms with Crippen LogP contribution in [0.15, 0.2) is 48.5 Å². The number of aromatic nitrogens is 1. The van der Waals surface area contributed by atoms with Crippen LogP contribution in [0, 0.1) is 0 Å². The summed E-state index contributed by atoms with van der Waals surface area (Å²) in [4.78, 5) is 5.13. The van der Waals surface area contributed by atoms with Crippen LogP contribution in [0.2, 0.25) is 5.31 Å². The van der Waals surface area contributed by atoms with E-state index in [9.17, 15) is 0 Å². The van der Waals surface area contributed by atoms with Gasteiger partial charge in [0.2, 0.25) is 0 Å². The minimum Gasteiger partial charge on any atom is -0.373 e. The number of fused-ring (bicyclic) bond motifs is 7. The fraction of sp³-hybridized carbons (Fsp3) is 0.409. The van der Waals surface area contributed by atoms with Gasteiger partial charge in [0.1, 0.15) is 16.7 Å². The van der Waals surface area contributed by atoms with Gasteiger partial charge in [0.05, 0.1) is 15.7 Å². The molecule has 0 spiro atoms. The molecule has 2 atom stereocenters. The van der Waals surface area contributed by atoms with Gasteiger partial charge in [0, 0.05) is 0 Å². The maximum Gasteiger partial charge on any atom is 0.513 e. The Morgan fingerprint density at radius 3 is 2.33 bits per heavy atom. The minimum absolute atomic E-state index is 0.0498. The van der Waals surface area contributed by atoms with Crippen molar-refractivity contribution in [1.29, 1.82) is 0 Å². The number of hydrogen-bond donors (Lipinski definition) is 0. The highest BCUT2D eigenvalue weighted by Crippen LogP contribution is 2.60. The van der Waals surface area contributed by atoms with Crippen LogP contribution in [0.4, 0.5) is 16.5 Å². The Morgan fingerprint density at radius 1 is 0.963 bits per heavy atom. The summed E-state index contributed by atoms with van der Waals surface area (Å²) in [5, 5.41) is 1.48. The van der Waals surface area contributed by atoms with Gasteiger partial charge in [-0.05, 0) is 62.4 Å². The van der Waals surface area contributed by atoms with Crippen molar-refractivity contribution in [2.45, 2.75) is 51.4 Å². The molecule has 3 heterocycles. The number of nitrogens with zero attached hydrogens (tertiary/aromatic N) is 3. The fourth-order valence-electron chi connectivity index (χ4n) is 5.59. The largest absolute Gasteiger partial charge is 0.513 e. The number of thiazole rings is 1. The fourth-order valence-corrected chi connectivity index (χ4v) is 6.89. The van der Waals surface area contributed by atoms with E-state index in [1.54, 1.807) is 0 Å². The summed E-state index contributed by atoms with van der Waals surface area (Å²) in [5.41, 5.74) is 4.09.